The molecule has 0 aromatic heterocycles. The van der Waals surface area contributed by atoms with Crippen molar-refractivity contribution in [2.45, 2.75) is 20.0 Å². The van der Waals surface area contributed by atoms with Crippen molar-refractivity contribution < 1.29 is 24.1 Å². The van der Waals surface area contributed by atoms with Crippen molar-refractivity contribution in [2.24, 2.45) is 0 Å². The predicted octanol–water partition coefficient (Wildman–Crippen LogP) is -0.334. The summed E-state index contributed by atoms with van der Waals surface area (Å²) < 4.78 is 10.9. The van der Waals surface area contributed by atoms with Crippen LogP contribution >= 0.6 is 0 Å². The number of carbonyl (C=O) groups is 1. The van der Waals surface area contributed by atoms with Crippen LogP contribution in [0, 0.1) is 6.92 Å². The van der Waals surface area contributed by atoms with Gasteiger partial charge in [-0.25, -0.2) is 0 Å². The fourth-order valence-electron chi connectivity index (χ4n) is 4.05. The molecule has 0 saturated carbocycles. The smallest absolute Gasteiger partial charge is 0.277 e. The van der Waals surface area contributed by atoms with Gasteiger partial charge in [0.15, 0.2) is 18.0 Å². The standard InChI is InChI=1S/C23H29N3O3/c1-18-3-5-19(6-4-18)14-24(2)23(27)16-26-11-9-25(10-12-26)15-20-7-8-21-22(13-20)29-17-28-21/h3-8,13H,9-12,14-17H2,1-2H3/p+2. The lowest BCUT2D eigenvalue weighted by Crippen LogP contribution is -3.28. The molecule has 2 aromatic carbocycles. The molecule has 29 heavy (non-hydrogen) atoms. The Kier molecular flexibility index (Phi) is 6.02. The van der Waals surface area contributed by atoms with E-state index < -0.39 is 0 Å². The first-order valence-corrected chi connectivity index (χ1v) is 10.4. The third kappa shape index (κ3) is 5.08. The number of hydrogen-bond acceptors (Lipinski definition) is 3. The molecule has 2 N–H and O–H groups in total. The molecule has 0 bridgehead atoms. The second-order valence-electron chi connectivity index (χ2n) is 8.28. The quantitative estimate of drug-likeness (QED) is 0.702. The predicted molar refractivity (Wildman–Crippen MR) is 110 cm³/mol. The average Bonchev–Trinajstić information content (AvgIpc) is 3.19. The Labute approximate surface area is 172 Å². The topological polar surface area (TPSA) is 47.7 Å². The minimum absolute atomic E-state index is 0.222. The lowest BCUT2D eigenvalue weighted by Gasteiger charge is -2.30. The molecule has 0 radical (unpaired) electrons. The zero-order valence-corrected chi connectivity index (χ0v) is 17.4. The van der Waals surface area contributed by atoms with Gasteiger partial charge in [0, 0.05) is 19.2 Å². The minimum Gasteiger partial charge on any atom is -0.454 e. The number of hydrogen-bond donors (Lipinski definition) is 2. The molecule has 1 fully saturated rings. The molecule has 2 aromatic rings. The monoisotopic (exact) mass is 397 g/mol. The van der Waals surface area contributed by atoms with E-state index in [0.29, 0.717) is 19.9 Å². The Hall–Kier alpha value is -2.57. The maximum atomic E-state index is 12.6. The van der Waals surface area contributed by atoms with E-state index in [2.05, 4.69) is 43.3 Å². The van der Waals surface area contributed by atoms with Crippen molar-refractivity contribution in [1.82, 2.24) is 4.90 Å². The van der Waals surface area contributed by atoms with Crippen molar-refractivity contribution in [3.8, 4) is 11.5 Å². The molecule has 1 amide bonds. The van der Waals surface area contributed by atoms with Crippen LogP contribution in [0.2, 0.25) is 0 Å². The molecule has 2 aliphatic heterocycles. The SMILES string of the molecule is Cc1ccc(CN(C)C(=O)C[NH+]2CC[NH+](Cc3ccc4c(c3)OCO4)CC2)cc1. The second kappa shape index (κ2) is 8.84. The summed E-state index contributed by atoms with van der Waals surface area (Å²) in [5, 5.41) is 0. The summed E-state index contributed by atoms with van der Waals surface area (Å²) in [5.41, 5.74) is 3.70. The van der Waals surface area contributed by atoms with Gasteiger partial charge in [0.05, 0.1) is 0 Å². The molecule has 4 rings (SSSR count). The maximum Gasteiger partial charge on any atom is 0.277 e. The molecular formula is C23H31N3O3+2. The number of aryl methyl sites for hydroxylation is 1. The van der Waals surface area contributed by atoms with Crippen LogP contribution in [0.5, 0.6) is 11.5 Å². The molecule has 0 spiro atoms. The van der Waals surface area contributed by atoms with Crippen LogP contribution < -0.4 is 19.3 Å². The van der Waals surface area contributed by atoms with Crippen molar-refractivity contribution in [3.63, 3.8) is 0 Å². The average molecular weight is 398 g/mol. The second-order valence-corrected chi connectivity index (χ2v) is 8.28. The highest BCUT2D eigenvalue weighted by molar-refractivity contribution is 5.76. The fraction of sp³-hybridized carbons (Fsp3) is 0.435. The van der Waals surface area contributed by atoms with Crippen LogP contribution in [0.3, 0.4) is 0 Å². The van der Waals surface area contributed by atoms with Gasteiger partial charge in [-0.05, 0) is 30.7 Å². The highest BCUT2D eigenvalue weighted by Crippen LogP contribution is 2.32. The van der Waals surface area contributed by atoms with Gasteiger partial charge in [0.25, 0.3) is 5.91 Å². The zero-order valence-electron chi connectivity index (χ0n) is 17.4. The summed E-state index contributed by atoms with van der Waals surface area (Å²) in [4.78, 5) is 17.4. The van der Waals surface area contributed by atoms with Gasteiger partial charge in [-0.1, -0.05) is 29.8 Å². The Balaban J connectivity index is 1.22. The van der Waals surface area contributed by atoms with Crippen LogP contribution in [0.4, 0.5) is 0 Å². The van der Waals surface area contributed by atoms with E-state index >= 15 is 0 Å². The first-order chi connectivity index (χ1) is 14.1. The van der Waals surface area contributed by atoms with Gasteiger partial charge >= 0.3 is 0 Å². The van der Waals surface area contributed by atoms with Crippen molar-refractivity contribution in [1.29, 1.82) is 0 Å². The van der Waals surface area contributed by atoms with Crippen molar-refractivity contribution in [2.75, 3.05) is 46.6 Å². The number of rotatable bonds is 6. The molecule has 0 aliphatic carbocycles. The Morgan fingerprint density at radius 3 is 2.34 bits per heavy atom. The molecule has 2 heterocycles. The number of piperazine rings is 1. The summed E-state index contributed by atoms with van der Waals surface area (Å²) >= 11 is 0. The molecular weight excluding hydrogens is 366 g/mol. The Morgan fingerprint density at radius 2 is 1.59 bits per heavy atom. The molecule has 6 nitrogen and oxygen atoms in total. The molecule has 0 atom stereocenters. The number of benzene rings is 2. The molecule has 2 aliphatic rings. The molecule has 154 valence electrons. The zero-order chi connectivity index (χ0) is 20.2. The van der Waals surface area contributed by atoms with Gasteiger partial charge in [-0.15, -0.1) is 0 Å². The van der Waals surface area contributed by atoms with Crippen LogP contribution in [0.15, 0.2) is 42.5 Å². The van der Waals surface area contributed by atoms with Gasteiger partial charge in [-0.3, -0.25) is 4.79 Å². The van der Waals surface area contributed by atoms with E-state index in [1.807, 2.05) is 18.0 Å². The first-order valence-electron chi connectivity index (χ1n) is 10.4. The molecule has 0 unspecified atom stereocenters. The van der Waals surface area contributed by atoms with Gasteiger partial charge in [0.1, 0.15) is 32.7 Å². The van der Waals surface area contributed by atoms with E-state index in [0.717, 1.165) is 44.2 Å². The van der Waals surface area contributed by atoms with Crippen molar-refractivity contribution >= 4 is 5.91 Å². The minimum atomic E-state index is 0.222. The Bertz CT molecular complexity index is 845. The van der Waals surface area contributed by atoms with E-state index in [9.17, 15) is 4.79 Å². The number of quaternary nitrogens is 2. The van der Waals surface area contributed by atoms with Crippen LogP contribution in [-0.2, 0) is 17.9 Å². The first kappa shape index (κ1) is 19.7. The third-order valence-corrected chi connectivity index (χ3v) is 5.92. The maximum absolute atomic E-state index is 12.6. The van der Waals surface area contributed by atoms with E-state index in [1.165, 1.54) is 21.6 Å². The fourth-order valence-corrected chi connectivity index (χ4v) is 4.05. The number of nitrogens with zero attached hydrogens (tertiary/aromatic N) is 1. The largest absolute Gasteiger partial charge is 0.454 e. The summed E-state index contributed by atoms with van der Waals surface area (Å²) in [5.74, 6) is 1.92. The van der Waals surface area contributed by atoms with E-state index in [1.54, 1.807) is 4.90 Å². The Morgan fingerprint density at radius 1 is 0.931 bits per heavy atom. The van der Waals surface area contributed by atoms with E-state index in [-0.39, 0.29) is 5.91 Å². The normalized spacial score (nSPS) is 20.5. The highest BCUT2D eigenvalue weighted by atomic mass is 16.7. The highest BCUT2D eigenvalue weighted by Gasteiger charge is 2.26. The van der Waals surface area contributed by atoms with Gasteiger partial charge in [-0.2, -0.15) is 0 Å². The number of carbonyl (C=O) groups excluding carboxylic acids is 1. The van der Waals surface area contributed by atoms with Gasteiger partial charge in [0.2, 0.25) is 6.79 Å². The number of nitrogens with one attached hydrogen (secondary N) is 2. The van der Waals surface area contributed by atoms with Crippen LogP contribution in [0.25, 0.3) is 0 Å². The van der Waals surface area contributed by atoms with Crippen LogP contribution in [0.1, 0.15) is 16.7 Å². The van der Waals surface area contributed by atoms with Crippen molar-refractivity contribution in [3.05, 3.63) is 59.2 Å². The number of amides is 1. The number of likely N-dealkylation sites (N-methyl/N-ethyl adjacent to an activating group) is 1. The van der Waals surface area contributed by atoms with E-state index in [4.69, 9.17) is 9.47 Å². The lowest BCUT2D eigenvalue weighted by atomic mass is 10.1. The summed E-state index contributed by atoms with van der Waals surface area (Å²) in [6, 6.07) is 14.6. The van der Waals surface area contributed by atoms with Crippen LogP contribution in [-0.4, -0.2) is 57.4 Å². The van der Waals surface area contributed by atoms with Gasteiger partial charge < -0.3 is 24.2 Å². The summed E-state index contributed by atoms with van der Waals surface area (Å²) in [6.45, 7) is 8.88. The summed E-state index contributed by atoms with van der Waals surface area (Å²) in [6.07, 6.45) is 0. The number of ether oxygens (including phenoxy) is 2. The molecule has 1 saturated heterocycles. The third-order valence-electron chi connectivity index (χ3n) is 5.92. The number of fused-ring (bicyclic) bond motifs is 1. The molecule has 6 heteroatoms. The summed E-state index contributed by atoms with van der Waals surface area (Å²) in [7, 11) is 1.91. The lowest BCUT2D eigenvalue weighted by molar-refractivity contribution is -1.02.